The van der Waals surface area contributed by atoms with Gasteiger partial charge >= 0.3 is 0 Å². The zero-order valence-corrected chi connectivity index (χ0v) is 39.7. The average Bonchev–Trinajstić information content (AvgIpc) is 3.61. The van der Waals surface area contributed by atoms with Crippen LogP contribution in [0.25, 0.3) is 172 Å². The molecule has 0 fully saturated rings. The molecule has 12 heteroatoms. The maximum atomic E-state index is 13.2. The Morgan fingerprint density at radius 2 is 0.867 bits per heavy atom. The first kappa shape index (κ1) is 41.6. The van der Waals surface area contributed by atoms with E-state index in [1.165, 1.54) is 0 Å². The molecule has 0 saturated carbocycles. The Morgan fingerprint density at radius 3 is 1.49 bits per heavy atom. The summed E-state index contributed by atoms with van der Waals surface area (Å²) in [4.78, 5) is 0. The molecule has 12 N–H and O–H groups in total. The molecule has 0 aliphatic heterocycles. The van der Waals surface area contributed by atoms with Gasteiger partial charge in [0.2, 0.25) is 0 Å². The number of fused-ring (bicyclic) bond motifs is 1. The highest BCUT2D eigenvalue weighted by atomic mass is 16.3. The lowest BCUT2D eigenvalue weighted by Gasteiger charge is -2.37. The highest BCUT2D eigenvalue weighted by molar-refractivity contribution is 6.65. The molecule has 1 aliphatic rings. The molecule has 0 radical (unpaired) electrons. The van der Waals surface area contributed by atoms with E-state index in [0.29, 0.717) is 169 Å². The summed E-state index contributed by atoms with van der Waals surface area (Å²) < 4.78 is 0. The third-order valence-electron chi connectivity index (χ3n) is 19.1. The smallest absolute Gasteiger partial charge is 0.131 e. The second kappa shape index (κ2) is 12.8. The second-order valence-corrected chi connectivity index (χ2v) is 21.7. The summed E-state index contributed by atoms with van der Waals surface area (Å²) in [6, 6.07) is 12.7. The van der Waals surface area contributed by atoms with Crippen molar-refractivity contribution in [1.82, 2.24) is 0 Å². The molecule has 364 valence electrons. The average molecular weight is 989 g/mol. The number of benzene rings is 17. The van der Waals surface area contributed by atoms with E-state index >= 15 is 0 Å². The molecule has 0 aromatic heterocycles. The van der Waals surface area contributed by atoms with Crippen molar-refractivity contribution in [3.63, 3.8) is 0 Å². The highest BCUT2D eigenvalue weighted by Gasteiger charge is 2.42. The molecule has 75 heavy (non-hydrogen) atoms. The largest absolute Gasteiger partial charge is 0.507 e. The number of aliphatic hydroxyl groups is 9. The highest BCUT2D eigenvalue weighted by Crippen LogP contribution is 2.68. The van der Waals surface area contributed by atoms with Crippen molar-refractivity contribution in [1.29, 1.82) is 0 Å². The van der Waals surface area contributed by atoms with Crippen molar-refractivity contribution in [2.75, 3.05) is 6.61 Å². The lowest BCUT2D eigenvalue weighted by molar-refractivity contribution is 0.198. The van der Waals surface area contributed by atoms with Crippen LogP contribution in [0.1, 0.15) is 74.6 Å². The number of rotatable bonds is 9. The normalized spacial score (nSPS) is 15.5. The van der Waals surface area contributed by atoms with Gasteiger partial charge in [0.1, 0.15) is 17.2 Å². The fraction of sp³-hybridized carbons (Fsp3) is 0.175. The Bertz CT molecular complexity index is 5460. The van der Waals surface area contributed by atoms with Gasteiger partial charge in [-0.2, -0.15) is 0 Å². The minimum atomic E-state index is -1.26. The molecule has 0 amide bonds. The molecule has 0 spiro atoms. The maximum absolute atomic E-state index is 13.2. The van der Waals surface area contributed by atoms with Gasteiger partial charge in [0.05, 0.1) is 59.0 Å². The Balaban J connectivity index is 1.36. The second-order valence-electron chi connectivity index (χ2n) is 21.7. The predicted molar refractivity (Wildman–Crippen MR) is 293 cm³/mol. The number of aromatic hydroxyl groups is 3. The van der Waals surface area contributed by atoms with Crippen molar-refractivity contribution in [3.8, 4) is 17.2 Å². The molecule has 12 nitrogen and oxygen atoms in total. The third-order valence-corrected chi connectivity index (χ3v) is 19.1. The van der Waals surface area contributed by atoms with E-state index < -0.39 is 64.9 Å². The molecule has 17 aromatic carbocycles. The van der Waals surface area contributed by atoms with E-state index in [-0.39, 0.29) is 22.8 Å². The molecule has 0 bridgehead atoms. The van der Waals surface area contributed by atoms with Gasteiger partial charge in [-0.15, -0.1) is 0 Å². The standard InChI is InChI=1S/C63H40O12/c1-17(72)34-44-29(13-68)23-4-18(9-64)5-27-36(23)47-52(44)58-53-42-25(30(14-69)63(75)61(34)53)8-24-28(12-67)21-2-3-33(73)38-26-6-19(10-65)22-7-20(11-66)35-31(15-70)37-32(16-71)45(62(27)74)54(47)56-48(37)55-46(35)40(22)43(26)51-49(39(21)38)41(24)50(42)57(59(51)55)60(56)58/h2-8,17,29,64-75H,9-16H2,1H3. The van der Waals surface area contributed by atoms with Crippen LogP contribution in [0.3, 0.4) is 0 Å². The first-order valence-electron chi connectivity index (χ1n) is 25.3. The van der Waals surface area contributed by atoms with Crippen LogP contribution in [0, 0.1) is 0 Å². The summed E-state index contributed by atoms with van der Waals surface area (Å²) in [7, 11) is 0. The fourth-order valence-electron chi connectivity index (χ4n) is 16.9. The van der Waals surface area contributed by atoms with Gasteiger partial charge in [-0.05, 0) is 211 Å². The number of hydrogen-bond donors (Lipinski definition) is 12. The van der Waals surface area contributed by atoms with Gasteiger partial charge < -0.3 is 61.3 Å². The van der Waals surface area contributed by atoms with E-state index in [4.69, 9.17) is 0 Å². The SMILES string of the molecule is CC(O)c1c2c3c4c5c(cc(CO)cc5c(O)c5c(CO)c6c(CO)c7c(CO)cc8c(CO)cc9c%10c(O)ccc%11c(CO)c%12cc%13c(CO)c(O)c1c1c%13c%13c%12c(c%11%10)c%10c9c8c7c7c6c(c54)c(c31)c%13c7%10)C2CO. The van der Waals surface area contributed by atoms with Crippen LogP contribution in [0.4, 0.5) is 0 Å². The van der Waals surface area contributed by atoms with Gasteiger partial charge in [0, 0.05) is 60.0 Å². The van der Waals surface area contributed by atoms with Crippen molar-refractivity contribution in [3.05, 3.63) is 98.1 Å². The van der Waals surface area contributed by atoms with Crippen molar-refractivity contribution >= 4 is 172 Å². The molecule has 18 rings (SSSR count). The van der Waals surface area contributed by atoms with Crippen LogP contribution < -0.4 is 0 Å². The van der Waals surface area contributed by atoms with Crippen LogP contribution in [-0.2, 0) is 46.2 Å². The number of phenolic OH excluding ortho intramolecular Hbond substituents is 2. The monoisotopic (exact) mass is 988 g/mol. The molecular weight excluding hydrogens is 949 g/mol. The van der Waals surface area contributed by atoms with E-state index in [1.807, 2.05) is 30.3 Å². The Labute approximate surface area is 419 Å². The lowest BCUT2D eigenvalue weighted by atomic mass is 9.66. The summed E-state index contributed by atoms with van der Waals surface area (Å²) >= 11 is 0. The Hall–Kier alpha value is -7.72. The van der Waals surface area contributed by atoms with E-state index in [0.717, 1.165) is 53.9 Å². The first-order valence-corrected chi connectivity index (χ1v) is 25.3. The van der Waals surface area contributed by atoms with Gasteiger partial charge in [0.25, 0.3) is 0 Å². The zero-order chi connectivity index (χ0) is 50.7. The molecular formula is C63H40O12. The first-order chi connectivity index (χ1) is 36.5. The van der Waals surface area contributed by atoms with Gasteiger partial charge in [-0.25, -0.2) is 0 Å². The van der Waals surface area contributed by atoms with Crippen molar-refractivity contribution in [2.45, 2.75) is 65.2 Å². The number of hydrogen-bond acceptors (Lipinski definition) is 12. The van der Waals surface area contributed by atoms with Crippen LogP contribution in [-0.4, -0.2) is 67.9 Å². The zero-order valence-electron chi connectivity index (χ0n) is 39.7. The topological polar surface area (TPSA) is 243 Å². The summed E-state index contributed by atoms with van der Waals surface area (Å²) in [5.41, 5.74) is 4.42. The van der Waals surface area contributed by atoms with Crippen LogP contribution >= 0.6 is 0 Å². The molecule has 2 unspecified atom stereocenters. The van der Waals surface area contributed by atoms with Crippen molar-refractivity contribution < 1.29 is 61.3 Å². The van der Waals surface area contributed by atoms with Gasteiger partial charge in [0.15, 0.2) is 0 Å². The summed E-state index contributed by atoms with van der Waals surface area (Å²) in [6.07, 6.45) is -1.26. The van der Waals surface area contributed by atoms with E-state index in [9.17, 15) is 61.3 Å². The molecule has 17 aromatic rings. The minimum absolute atomic E-state index is 0.0122. The van der Waals surface area contributed by atoms with Crippen LogP contribution in [0.2, 0.25) is 0 Å². The van der Waals surface area contributed by atoms with Crippen molar-refractivity contribution in [2.24, 2.45) is 0 Å². The van der Waals surface area contributed by atoms with Crippen LogP contribution in [0.15, 0.2) is 42.5 Å². The molecule has 1 aliphatic carbocycles. The minimum Gasteiger partial charge on any atom is -0.507 e. The summed E-state index contributed by atoms with van der Waals surface area (Å²) in [5, 5.41) is 165. The van der Waals surface area contributed by atoms with Gasteiger partial charge in [-0.1, -0.05) is 12.1 Å². The fourth-order valence-corrected chi connectivity index (χ4v) is 16.9. The Kier molecular flexibility index (Phi) is 7.13. The summed E-state index contributed by atoms with van der Waals surface area (Å²) in [5.74, 6) is -1.29. The predicted octanol–water partition coefficient (Wildman–Crippen LogP) is 10.1. The maximum Gasteiger partial charge on any atom is 0.131 e. The molecule has 0 heterocycles. The van der Waals surface area contributed by atoms with Crippen LogP contribution in [0.5, 0.6) is 17.2 Å². The lowest BCUT2D eigenvalue weighted by Crippen LogP contribution is -2.17. The molecule has 0 saturated heterocycles. The Morgan fingerprint density at radius 1 is 0.360 bits per heavy atom. The van der Waals surface area contributed by atoms with Gasteiger partial charge in [-0.3, -0.25) is 0 Å². The third kappa shape index (κ3) is 3.89. The van der Waals surface area contributed by atoms with E-state index in [2.05, 4.69) is 0 Å². The summed E-state index contributed by atoms with van der Waals surface area (Å²) in [6.45, 7) is -2.29. The number of aliphatic hydroxyl groups excluding tert-OH is 9. The van der Waals surface area contributed by atoms with E-state index in [1.54, 1.807) is 19.1 Å². The molecule has 2 atom stereocenters. The quantitative estimate of drug-likeness (QED) is 0.0478. The number of phenols is 3.